The molecule has 21 heavy (non-hydrogen) atoms. The average Bonchev–Trinajstić information content (AvgIpc) is 2.53. The van der Waals surface area contributed by atoms with Crippen LogP contribution < -0.4 is 0 Å². The van der Waals surface area contributed by atoms with E-state index < -0.39 is 5.97 Å². The smallest absolute Gasteiger partial charge is 0.378 e. The number of benzene rings is 2. The Labute approximate surface area is 127 Å². The molecule has 0 fully saturated rings. The molecule has 0 aromatic heterocycles. The van der Waals surface area contributed by atoms with E-state index in [0.29, 0.717) is 16.4 Å². The number of aliphatic imine (C=N–C) groups is 1. The summed E-state index contributed by atoms with van der Waals surface area (Å²) in [6.45, 7) is 0. The summed E-state index contributed by atoms with van der Waals surface area (Å²) in [5.74, 6) is -0.782. The van der Waals surface area contributed by atoms with Crippen LogP contribution in [0.5, 0.6) is 0 Å². The molecular formula is C15H12ClN3O2. The quantitative estimate of drug-likeness (QED) is 0.359. The highest BCUT2D eigenvalue weighted by Crippen LogP contribution is 2.17. The number of azo groups is 1. The van der Waals surface area contributed by atoms with E-state index in [2.05, 4.69) is 20.0 Å². The second-order valence-electron chi connectivity index (χ2n) is 3.94. The molecule has 106 valence electrons. The molecule has 2 rings (SSSR count). The largest absolute Gasteiger partial charge is 0.463 e. The van der Waals surface area contributed by atoms with Crippen LogP contribution in [0, 0.1) is 0 Å². The van der Waals surface area contributed by atoms with Gasteiger partial charge in [0.05, 0.1) is 18.5 Å². The molecule has 0 aliphatic carbocycles. The first kappa shape index (κ1) is 14.9. The highest BCUT2D eigenvalue weighted by atomic mass is 35.5. The van der Waals surface area contributed by atoms with Crippen LogP contribution in [0.3, 0.4) is 0 Å². The van der Waals surface area contributed by atoms with E-state index >= 15 is 0 Å². The lowest BCUT2D eigenvalue weighted by molar-refractivity contribution is -0.132. The number of rotatable bonds is 2. The van der Waals surface area contributed by atoms with Gasteiger partial charge >= 0.3 is 5.97 Å². The van der Waals surface area contributed by atoms with E-state index in [1.54, 1.807) is 36.4 Å². The molecule has 0 N–H and O–H groups in total. The van der Waals surface area contributed by atoms with Gasteiger partial charge in [-0.05, 0) is 36.4 Å². The zero-order valence-corrected chi connectivity index (χ0v) is 12.0. The number of nitrogens with zero attached hydrogens (tertiary/aromatic N) is 3. The second kappa shape index (κ2) is 7.31. The van der Waals surface area contributed by atoms with Gasteiger partial charge in [0.1, 0.15) is 0 Å². The predicted molar refractivity (Wildman–Crippen MR) is 81.5 cm³/mol. The van der Waals surface area contributed by atoms with Crippen molar-refractivity contribution in [3.8, 4) is 0 Å². The van der Waals surface area contributed by atoms with Crippen molar-refractivity contribution in [3.63, 3.8) is 0 Å². The van der Waals surface area contributed by atoms with Gasteiger partial charge in [0.2, 0.25) is 0 Å². The topological polar surface area (TPSA) is 63.4 Å². The van der Waals surface area contributed by atoms with Crippen molar-refractivity contribution >= 4 is 34.8 Å². The van der Waals surface area contributed by atoms with Gasteiger partial charge in [-0.1, -0.05) is 29.8 Å². The van der Waals surface area contributed by atoms with Crippen molar-refractivity contribution in [3.05, 3.63) is 59.6 Å². The number of carbonyl (C=O) groups excluding carboxylic acids is 1. The Morgan fingerprint density at radius 3 is 2.29 bits per heavy atom. The summed E-state index contributed by atoms with van der Waals surface area (Å²) in [6, 6.07) is 15.7. The number of para-hydroxylation sites is 1. The first-order chi connectivity index (χ1) is 10.2. The lowest BCUT2D eigenvalue weighted by Crippen LogP contribution is -2.12. The van der Waals surface area contributed by atoms with Crippen molar-refractivity contribution in [2.24, 2.45) is 15.2 Å². The maximum atomic E-state index is 11.7. The minimum atomic E-state index is -0.656. The maximum Gasteiger partial charge on any atom is 0.378 e. The molecule has 0 aliphatic heterocycles. The SMILES string of the molecule is COC(=O)C(N=Nc1ccc(Cl)cc1)=Nc1ccccc1. The summed E-state index contributed by atoms with van der Waals surface area (Å²) in [5, 5.41) is 8.39. The summed E-state index contributed by atoms with van der Waals surface area (Å²) in [4.78, 5) is 15.8. The molecule has 0 bridgehead atoms. The molecule has 0 atom stereocenters. The highest BCUT2D eigenvalue weighted by molar-refractivity contribution is 6.36. The van der Waals surface area contributed by atoms with Crippen LogP contribution in [0.25, 0.3) is 0 Å². The molecule has 5 nitrogen and oxygen atoms in total. The zero-order valence-electron chi connectivity index (χ0n) is 11.2. The third-order valence-electron chi connectivity index (χ3n) is 2.45. The molecule has 0 radical (unpaired) electrons. The monoisotopic (exact) mass is 301 g/mol. The normalized spacial score (nSPS) is 11.6. The van der Waals surface area contributed by atoms with Gasteiger partial charge in [-0.25, -0.2) is 9.79 Å². The third kappa shape index (κ3) is 4.50. The molecule has 2 aromatic rings. The number of esters is 1. The lowest BCUT2D eigenvalue weighted by atomic mass is 10.3. The van der Waals surface area contributed by atoms with Crippen LogP contribution in [0.1, 0.15) is 0 Å². The number of hydrogen-bond acceptors (Lipinski definition) is 4. The minimum absolute atomic E-state index is 0.126. The lowest BCUT2D eigenvalue weighted by Gasteiger charge is -1.98. The van der Waals surface area contributed by atoms with E-state index in [4.69, 9.17) is 11.6 Å². The summed E-state index contributed by atoms with van der Waals surface area (Å²) in [6.07, 6.45) is 0. The van der Waals surface area contributed by atoms with E-state index in [1.807, 2.05) is 18.2 Å². The number of hydrogen-bond donors (Lipinski definition) is 0. The van der Waals surface area contributed by atoms with E-state index in [9.17, 15) is 4.79 Å². The molecule has 0 aliphatic rings. The third-order valence-corrected chi connectivity index (χ3v) is 2.70. The van der Waals surface area contributed by atoms with Crippen molar-refractivity contribution in [2.75, 3.05) is 7.11 Å². The minimum Gasteiger partial charge on any atom is -0.463 e. The second-order valence-corrected chi connectivity index (χ2v) is 4.38. The molecule has 2 aromatic carbocycles. The van der Waals surface area contributed by atoms with Gasteiger partial charge in [-0.2, -0.15) is 0 Å². The molecule has 0 amide bonds. The van der Waals surface area contributed by atoms with Gasteiger partial charge in [-0.3, -0.25) is 0 Å². The Bertz CT molecular complexity index is 667. The fourth-order valence-corrected chi connectivity index (χ4v) is 1.56. The van der Waals surface area contributed by atoms with Crippen LogP contribution in [-0.4, -0.2) is 18.9 Å². The molecule has 0 saturated heterocycles. The Kier molecular flexibility index (Phi) is 5.17. The predicted octanol–water partition coefficient (Wildman–Crippen LogP) is 4.33. The summed E-state index contributed by atoms with van der Waals surface area (Å²) in [7, 11) is 1.26. The van der Waals surface area contributed by atoms with Crippen molar-refractivity contribution in [1.82, 2.24) is 0 Å². The van der Waals surface area contributed by atoms with E-state index in [1.165, 1.54) is 7.11 Å². The van der Waals surface area contributed by atoms with Crippen LogP contribution in [0.2, 0.25) is 5.02 Å². The van der Waals surface area contributed by atoms with Crippen LogP contribution in [-0.2, 0) is 9.53 Å². The number of methoxy groups -OCH3 is 1. The molecule has 0 spiro atoms. The standard InChI is InChI=1S/C15H12ClN3O2/c1-21-15(20)14(17-12-5-3-2-4-6-12)19-18-13-9-7-11(16)8-10-13/h2-10H,1H3. The molecule has 0 saturated carbocycles. The van der Waals surface area contributed by atoms with Gasteiger partial charge in [0, 0.05) is 5.02 Å². The van der Waals surface area contributed by atoms with Crippen LogP contribution in [0.15, 0.2) is 69.8 Å². The van der Waals surface area contributed by atoms with Crippen molar-refractivity contribution in [1.29, 1.82) is 0 Å². The molecule has 6 heteroatoms. The van der Waals surface area contributed by atoms with Gasteiger partial charge in [0.25, 0.3) is 5.84 Å². The highest BCUT2D eigenvalue weighted by Gasteiger charge is 2.11. The van der Waals surface area contributed by atoms with Crippen LogP contribution >= 0.6 is 11.6 Å². The van der Waals surface area contributed by atoms with Gasteiger partial charge in [0.15, 0.2) is 0 Å². The number of halogens is 1. The summed E-state index contributed by atoms with van der Waals surface area (Å²) >= 11 is 5.78. The first-order valence-corrected chi connectivity index (χ1v) is 6.46. The number of ether oxygens (including phenoxy) is 1. The van der Waals surface area contributed by atoms with E-state index in [-0.39, 0.29) is 5.84 Å². The summed E-state index contributed by atoms with van der Waals surface area (Å²) in [5.41, 5.74) is 1.15. The van der Waals surface area contributed by atoms with Gasteiger partial charge in [-0.15, -0.1) is 10.2 Å². The summed E-state index contributed by atoms with van der Waals surface area (Å²) < 4.78 is 4.65. The Morgan fingerprint density at radius 1 is 1.00 bits per heavy atom. The van der Waals surface area contributed by atoms with Crippen LogP contribution in [0.4, 0.5) is 11.4 Å². The Balaban J connectivity index is 2.27. The zero-order chi connectivity index (χ0) is 15.1. The Morgan fingerprint density at radius 2 is 1.67 bits per heavy atom. The Hall–Kier alpha value is -2.53. The molecule has 0 unspecified atom stereocenters. The average molecular weight is 302 g/mol. The first-order valence-electron chi connectivity index (χ1n) is 6.08. The molecule has 0 heterocycles. The maximum absolute atomic E-state index is 11.7. The number of carbonyl (C=O) groups is 1. The van der Waals surface area contributed by atoms with Crippen molar-refractivity contribution < 1.29 is 9.53 Å². The molecular weight excluding hydrogens is 290 g/mol. The fourth-order valence-electron chi connectivity index (χ4n) is 1.44. The number of amidine groups is 1. The van der Waals surface area contributed by atoms with E-state index in [0.717, 1.165) is 0 Å². The van der Waals surface area contributed by atoms with Crippen molar-refractivity contribution in [2.45, 2.75) is 0 Å². The fraction of sp³-hybridized carbons (Fsp3) is 0.0667. The van der Waals surface area contributed by atoms with Gasteiger partial charge < -0.3 is 4.74 Å².